The molecule has 2 fully saturated rings. The number of hydrogen-bond acceptors (Lipinski definition) is 3. The molecule has 1 aromatic rings. The molecular weight excluding hydrogens is 350 g/mol. The van der Waals surface area contributed by atoms with Crippen molar-refractivity contribution >= 4 is 17.6 Å². The summed E-state index contributed by atoms with van der Waals surface area (Å²) < 4.78 is 5.61. The molecule has 0 aromatic heterocycles. The monoisotopic (exact) mass is 385 g/mol. The third-order valence-electron chi connectivity index (χ3n) is 6.40. The molecule has 0 radical (unpaired) electrons. The van der Waals surface area contributed by atoms with Crippen molar-refractivity contribution in [1.82, 2.24) is 0 Å². The molecular formula is C24H35NO3. The van der Waals surface area contributed by atoms with Gasteiger partial charge in [0.25, 0.3) is 0 Å². The molecule has 0 spiro atoms. The largest absolute Gasteiger partial charge is 0.459 e. The van der Waals surface area contributed by atoms with E-state index in [0.717, 1.165) is 50.1 Å². The van der Waals surface area contributed by atoms with E-state index in [0.29, 0.717) is 5.56 Å². The Kier molecular flexibility index (Phi) is 7.93. The molecule has 0 unspecified atom stereocenters. The minimum absolute atomic E-state index is 0.0630. The minimum Gasteiger partial charge on any atom is -0.459 e. The van der Waals surface area contributed by atoms with Crippen molar-refractivity contribution in [2.45, 2.75) is 90.1 Å². The number of hydrogen-bond donors (Lipinski definition) is 1. The highest BCUT2D eigenvalue weighted by molar-refractivity contribution is 5.94. The van der Waals surface area contributed by atoms with Gasteiger partial charge in [-0.25, -0.2) is 4.79 Å². The molecule has 0 heterocycles. The smallest absolute Gasteiger partial charge is 0.338 e. The molecule has 4 nitrogen and oxygen atoms in total. The average molecular weight is 386 g/mol. The molecule has 3 rings (SSSR count). The second kappa shape index (κ2) is 10.6. The van der Waals surface area contributed by atoms with Gasteiger partial charge in [-0.1, -0.05) is 32.6 Å². The Morgan fingerprint density at radius 3 is 2.29 bits per heavy atom. The molecule has 28 heavy (non-hydrogen) atoms. The third-order valence-corrected chi connectivity index (χ3v) is 6.40. The van der Waals surface area contributed by atoms with Gasteiger partial charge in [0.2, 0.25) is 5.91 Å². The second-order valence-electron chi connectivity index (χ2n) is 8.59. The van der Waals surface area contributed by atoms with E-state index in [1.807, 2.05) is 12.1 Å². The molecule has 0 bridgehead atoms. The maximum Gasteiger partial charge on any atom is 0.338 e. The first-order valence-corrected chi connectivity index (χ1v) is 11.3. The molecule has 1 aromatic carbocycles. The van der Waals surface area contributed by atoms with Crippen molar-refractivity contribution in [2.24, 2.45) is 11.8 Å². The number of unbranched alkanes of at least 4 members (excludes halogenated alkanes) is 1. The second-order valence-corrected chi connectivity index (χ2v) is 8.59. The van der Waals surface area contributed by atoms with Crippen LogP contribution < -0.4 is 5.32 Å². The summed E-state index contributed by atoms with van der Waals surface area (Å²) in [7, 11) is 0. The van der Waals surface area contributed by atoms with Crippen LogP contribution in [0.25, 0.3) is 0 Å². The lowest BCUT2D eigenvalue weighted by Crippen LogP contribution is -2.27. The Bertz CT molecular complexity index is 626. The maximum absolute atomic E-state index is 12.6. The van der Waals surface area contributed by atoms with Gasteiger partial charge >= 0.3 is 5.97 Å². The number of ether oxygens (including phenoxy) is 1. The number of rotatable bonds is 7. The maximum atomic E-state index is 12.6. The Balaban J connectivity index is 1.44. The summed E-state index contributed by atoms with van der Waals surface area (Å²) in [5, 5.41) is 3.03. The fourth-order valence-electron chi connectivity index (χ4n) is 4.54. The molecule has 154 valence electrons. The van der Waals surface area contributed by atoms with E-state index in [4.69, 9.17) is 4.74 Å². The number of nitrogens with one attached hydrogen (secondary N) is 1. The fourth-order valence-corrected chi connectivity index (χ4v) is 4.54. The number of benzene rings is 1. The summed E-state index contributed by atoms with van der Waals surface area (Å²) in [6.45, 7) is 2.24. The summed E-state index contributed by atoms with van der Waals surface area (Å²) >= 11 is 0. The molecule has 0 saturated heterocycles. The van der Waals surface area contributed by atoms with Gasteiger partial charge in [0.05, 0.1) is 5.56 Å². The SMILES string of the molecule is CCCCC1CCC(C(=O)Nc2ccc(C(=O)OC3CCCCC3)cc2)CC1. The molecule has 0 aliphatic heterocycles. The number of esters is 1. The van der Waals surface area contributed by atoms with Gasteiger partial charge in [-0.15, -0.1) is 0 Å². The average Bonchev–Trinajstić information content (AvgIpc) is 2.74. The Hall–Kier alpha value is -1.84. The minimum atomic E-state index is -0.254. The highest BCUT2D eigenvalue weighted by atomic mass is 16.5. The Morgan fingerprint density at radius 2 is 1.64 bits per heavy atom. The highest BCUT2D eigenvalue weighted by Crippen LogP contribution is 2.32. The van der Waals surface area contributed by atoms with Crippen molar-refractivity contribution < 1.29 is 14.3 Å². The molecule has 2 saturated carbocycles. The van der Waals surface area contributed by atoms with Crippen molar-refractivity contribution in [3.05, 3.63) is 29.8 Å². The zero-order valence-electron chi connectivity index (χ0n) is 17.3. The van der Waals surface area contributed by atoms with Gasteiger partial charge in [0, 0.05) is 11.6 Å². The van der Waals surface area contributed by atoms with E-state index in [2.05, 4.69) is 12.2 Å². The van der Waals surface area contributed by atoms with Gasteiger partial charge in [-0.3, -0.25) is 4.79 Å². The number of amides is 1. The van der Waals surface area contributed by atoms with Crippen LogP contribution >= 0.6 is 0 Å². The molecule has 4 heteroatoms. The van der Waals surface area contributed by atoms with Crippen LogP contribution in [-0.2, 0) is 9.53 Å². The van der Waals surface area contributed by atoms with E-state index in [1.54, 1.807) is 12.1 Å². The van der Waals surface area contributed by atoms with Crippen LogP contribution in [0.2, 0.25) is 0 Å². The molecule has 2 aliphatic carbocycles. The lowest BCUT2D eigenvalue weighted by Gasteiger charge is -2.27. The van der Waals surface area contributed by atoms with Gasteiger partial charge in [0.15, 0.2) is 0 Å². The molecule has 0 atom stereocenters. The first-order valence-electron chi connectivity index (χ1n) is 11.3. The lowest BCUT2D eigenvalue weighted by atomic mass is 9.79. The molecule has 1 N–H and O–H groups in total. The summed E-state index contributed by atoms with van der Waals surface area (Å²) in [6, 6.07) is 7.12. The van der Waals surface area contributed by atoms with E-state index >= 15 is 0 Å². The van der Waals surface area contributed by atoms with E-state index in [1.165, 1.54) is 38.5 Å². The van der Waals surface area contributed by atoms with Gasteiger partial charge in [-0.05, 0) is 81.5 Å². The molecule has 1 amide bonds. The predicted octanol–water partition coefficient (Wildman–Crippen LogP) is 6.11. The summed E-state index contributed by atoms with van der Waals surface area (Å²) in [5.74, 6) is 0.786. The normalized spacial score (nSPS) is 23.2. The molecule has 2 aliphatic rings. The van der Waals surface area contributed by atoms with Gasteiger partial charge < -0.3 is 10.1 Å². The standard InChI is InChI=1S/C24H35NO3/c1-2-3-7-18-10-12-19(13-11-18)23(26)25-21-16-14-20(15-17-21)24(27)28-22-8-5-4-6-9-22/h14-19,22H,2-13H2,1H3,(H,25,26). The van der Waals surface area contributed by atoms with Gasteiger partial charge in [-0.2, -0.15) is 0 Å². The fraction of sp³-hybridized carbons (Fsp3) is 0.667. The van der Waals surface area contributed by atoms with Crippen molar-refractivity contribution in [1.29, 1.82) is 0 Å². The Labute approximate surface area is 169 Å². The van der Waals surface area contributed by atoms with E-state index < -0.39 is 0 Å². The van der Waals surface area contributed by atoms with Crippen molar-refractivity contribution in [3.8, 4) is 0 Å². The van der Waals surface area contributed by atoms with E-state index in [9.17, 15) is 9.59 Å². The van der Waals surface area contributed by atoms with Crippen LogP contribution in [0.1, 0.15) is 94.3 Å². The van der Waals surface area contributed by atoms with Crippen LogP contribution in [-0.4, -0.2) is 18.0 Å². The zero-order chi connectivity index (χ0) is 19.8. The number of anilines is 1. The zero-order valence-corrected chi connectivity index (χ0v) is 17.3. The van der Waals surface area contributed by atoms with Gasteiger partial charge in [0.1, 0.15) is 6.10 Å². The van der Waals surface area contributed by atoms with E-state index in [-0.39, 0.29) is 23.9 Å². The predicted molar refractivity (Wildman–Crippen MR) is 112 cm³/mol. The Morgan fingerprint density at radius 1 is 0.964 bits per heavy atom. The topological polar surface area (TPSA) is 55.4 Å². The highest BCUT2D eigenvalue weighted by Gasteiger charge is 2.26. The van der Waals surface area contributed by atoms with Crippen LogP contribution in [0.4, 0.5) is 5.69 Å². The van der Waals surface area contributed by atoms with Crippen molar-refractivity contribution in [3.63, 3.8) is 0 Å². The lowest BCUT2D eigenvalue weighted by molar-refractivity contribution is -0.121. The first-order chi connectivity index (χ1) is 13.7. The quantitative estimate of drug-likeness (QED) is 0.576. The van der Waals surface area contributed by atoms with Crippen LogP contribution in [0.5, 0.6) is 0 Å². The van der Waals surface area contributed by atoms with Crippen LogP contribution in [0, 0.1) is 11.8 Å². The summed E-state index contributed by atoms with van der Waals surface area (Å²) in [4.78, 5) is 24.9. The van der Waals surface area contributed by atoms with Crippen molar-refractivity contribution in [2.75, 3.05) is 5.32 Å². The summed E-state index contributed by atoms with van der Waals surface area (Å²) in [5.41, 5.74) is 1.31. The third kappa shape index (κ3) is 6.08. The number of carbonyl (C=O) groups excluding carboxylic acids is 2. The van der Waals surface area contributed by atoms with Crippen LogP contribution in [0.3, 0.4) is 0 Å². The van der Waals surface area contributed by atoms with Crippen LogP contribution in [0.15, 0.2) is 24.3 Å². The first kappa shape index (κ1) is 20.9. The summed E-state index contributed by atoms with van der Waals surface area (Å²) in [6.07, 6.45) is 13.7. The number of carbonyl (C=O) groups is 2.